The van der Waals surface area contributed by atoms with E-state index in [1.165, 1.54) is 0 Å². The van der Waals surface area contributed by atoms with E-state index in [4.69, 9.17) is 21.1 Å². The molecule has 0 aromatic heterocycles. The van der Waals surface area contributed by atoms with Crippen molar-refractivity contribution in [2.45, 2.75) is 13.0 Å². The molecule has 0 bridgehead atoms. The van der Waals surface area contributed by atoms with Gasteiger partial charge in [0.05, 0.1) is 12.3 Å². The number of ether oxygens (including phenoxy) is 2. The van der Waals surface area contributed by atoms with E-state index in [-0.39, 0.29) is 13.2 Å². The highest BCUT2D eigenvalue weighted by molar-refractivity contribution is 6.30. The number of hydrazone groups is 1. The summed E-state index contributed by atoms with van der Waals surface area (Å²) < 4.78 is 11.1. The molecule has 1 aliphatic rings. The number of hydrogen-bond acceptors (Lipinski definition) is 5. The van der Waals surface area contributed by atoms with Crippen LogP contribution in [0.2, 0.25) is 5.02 Å². The molecule has 2 N–H and O–H groups in total. The minimum atomic E-state index is -0.813. The van der Waals surface area contributed by atoms with Gasteiger partial charge in [0, 0.05) is 5.02 Å². The molecule has 0 saturated carbocycles. The standard InChI is InChI=1S/C19H18ClN3O4/c1-12(13-6-8-14(20)9-7-13)22-23-18(24)10-21-19(25)17-11-26-15-4-2-3-5-16(15)27-17/h2-9,17H,10-11H2,1H3,(H,21,25)(H,23,24)/b22-12-/t17-/m1/s1. The zero-order valence-electron chi connectivity index (χ0n) is 14.6. The molecule has 0 spiro atoms. The molecule has 1 atom stereocenters. The lowest BCUT2D eigenvalue weighted by Crippen LogP contribution is -2.46. The molecule has 27 heavy (non-hydrogen) atoms. The smallest absolute Gasteiger partial charge is 0.265 e. The highest BCUT2D eigenvalue weighted by Crippen LogP contribution is 2.30. The quantitative estimate of drug-likeness (QED) is 0.607. The third-order valence-electron chi connectivity index (χ3n) is 3.83. The van der Waals surface area contributed by atoms with Crippen molar-refractivity contribution in [1.82, 2.24) is 10.7 Å². The Bertz CT molecular complexity index is 868. The van der Waals surface area contributed by atoms with Crippen molar-refractivity contribution in [3.8, 4) is 11.5 Å². The van der Waals surface area contributed by atoms with Crippen molar-refractivity contribution in [2.75, 3.05) is 13.2 Å². The Labute approximate surface area is 161 Å². The van der Waals surface area contributed by atoms with E-state index < -0.39 is 17.9 Å². The minimum absolute atomic E-state index is 0.0816. The van der Waals surface area contributed by atoms with Gasteiger partial charge in [-0.25, -0.2) is 5.43 Å². The predicted molar refractivity (Wildman–Crippen MR) is 101 cm³/mol. The van der Waals surface area contributed by atoms with Gasteiger partial charge in [0.25, 0.3) is 11.8 Å². The molecule has 140 valence electrons. The van der Waals surface area contributed by atoms with Gasteiger partial charge < -0.3 is 14.8 Å². The number of rotatable bonds is 5. The summed E-state index contributed by atoms with van der Waals surface area (Å²) in [5, 5.41) is 7.14. The number of benzene rings is 2. The number of amides is 2. The Kier molecular flexibility index (Phi) is 5.93. The highest BCUT2D eigenvalue weighted by Gasteiger charge is 2.27. The van der Waals surface area contributed by atoms with Gasteiger partial charge in [0.15, 0.2) is 11.5 Å². The Balaban J connectivity index is 1.47. The summed E-state index contributed by atoms with van der Waals surface area (Å²) in [6.45, 7) is 1.61. The van der Waals surface area contributed by atoms with E-state index >= 15 is 0 Å². The SMILES string of the molecule is C/C(=N/NC(=O)CNC(=O)[C@H]1COc2ccccc2O1)c1ccc(Cl)cc1. The van der Waals surface area contributed by atoms with Crippen LogP contribution in [0.3, 0.4) is 0 Å². The second kappa shape index (κ2) is 8.55. The van der Waals surface area contributed by atoms with Gasteiger partial charge in [-0.1, -0.05) is 35.9 Å². The number of para-hydroxylation sites is 2. The molecule has 2 amide bonds. The minimum Gasteiger partial charge on any atom is -0.485 e. The average Bonchev–Trinajstić information content (AvgIpc) is 2.70. The van der Waals surface area contributed by atoms with E-state index in [2.05, 4.69) is 15.8 Å². The number of carbonyl (C=O) groups excluding carboxylic acids is 2. The molecule has 3 rings (SSSR count). The highest BCUT2D eigenvalue weighted by atomic mass is 35.5. The lowest BCUT2D eigenvalue weighted by molar-refractivity contribution is -0.132. The molecule has 1 aliphatic heterocycles. The molecule has 0 radical (unpaired) electrons. The monoisotopic (exact) mass is 387 g/mol. The second-order valence-corrected chi connectivity index (χ2v) is 6.26. The summed E-state index contributed by atoms with van der Waals surface area (Å²) >= 11 is 5.84. The summed E-state index contributed by atoms with van der Waals surface area (Å²) in [6, 6.07) is 14.2. The largest absolute Gasteiger partial charge is 0.485 e. The molecule has 0 saturated heterocycles. The fourth-order valence-electron chi connectivity index (χ4n) is 2.37. The van der Waals surface area contributed by atoms with Crippen molar-refractivity contribution >= 4 is 29.1 Å². The van der Waals surface area contributed by atoms with E-state index in [0.29, 0.717) is 22.2 Å². The van der Waals surface area contributed by atoms with Gasteiger partial charge in [-0.2, -0.15) is 5.10 Å². The Hall–Kier alpha value is -3.06. The van der Waals surface area contributed by atoms with Gasteiger partial charge in [-0.05, 0) is 36.8 Å². The molecule has 8 heteroatoms. The van der Waals surface area contributed by atoms with Crippen molar-refractivity contribution in [1.29, 1.82) is 0 Å². The fourth-order valence-corrected chi connectivity index (χ4v) is 2.50. The van der Waals surface area contributed by atoms with Gasteiger partial charge in [-0.15, -0.1) is 0 Å². The number of nitrogens with zero attached hydrogens (tertiary/aromatic N) is 1. The molecule has 2 aromatic rings. The van der Waals surface area contributed by atoms with Crippen molar-refractivity contribution in [3.63, 3.8) is 0 Å². The molecule has 0 aliphatic carbocycles. The number of hydrogen-bond donors (Lipinski definition) is 2. The number of carbonyl (C=O) groups is 2. The lowest BCUT2D eigenvalue weighted by atomic mass is 10.1. The first-order valence-corrected chi connectivity index (χ1v) is 8.66. The molecule has 1 heterocycles. The first-order valence-electron chi connectivity index (χ1n) is 8.28. The van der Waals surface area contributed by atoms with E-state index in [0.717, 1.165) is 5.56 Å². The third kappa shape index (κ3) is 4.98. The van der Waals surface area contributed by atoms with Crippen molar-refractivity contribution < 1.29 is 19.1 Å². The van der Waals surface area contributed by atoms with E-state index in [1.54, 1.807) is 49.4 Å². The van der Waals surface area contributed by atoms with Gasteiger partial charge >= 0.3 is 0 Å². The van der Waals surface area contributed by atoms with Gasteiger partial charge in [0.1, 0.15) is 6.61 Å². The van der Waals surface area contributed by atoms with Crippen LogP contribution in [-0.4, -0.2) is 36.8 Å². The Morgan fingerprint density at radius 3 is 2.59 bits per heavy atom. The van der Waals surface area contributed by atoms with Crippen LogP contribution < -0.4 is 20.2 Å². The van der Waals surface area contributed by atoms with Crippen LogP contribution in [0.4, 0.5) is 0 Å². The van der Waals surface area contributed by atoms with Crippen LogP contribution in [0, 0.1) is 0 Å². The van der Waals surface area contributed by atoms with Crippen LogP contribution in [0.5, 0.6) is 11.5 Å². The van der Waals surface area contributed by atoms with Crippen LogP contribution in [0.1, 0.15) is 12.5 Å². The van der Waals surface area contributed by atoms with E-state index in [9.17, 15) is 9.59 Å². The summed E-state index contributed by atoms with van der Waals surface area (Å²) in [5.74, 6) is 0.203. The normalized spacial score (nSPS) is 15.8. The Morgan fingerprint density at radius 2 is 1.85 bits per heavy atom. The Morgan fingerprint density at radius 1 is 1.15 bits per heavy atom. The number of fused-ring (bicyclic) bond motifs is 1. The maximum atomic E-state index is 12.2. The maximum absolute atomic E-state index is 12.2. The van der Waals surface area contributed by atoms with Crippen molar-refractivity contribution in [2.24, 2.45) is 5.10 Å². The number of nitrogens with one attached hydrogen (secondary N) is 2. The molecular formula is C19H18ClN3O4. The maximum Gasteiger partial charge on any atom is 0.265 e. The first-order chi connectivity index (χ1) is 13.0. The third-order valence-corrected chi connectivity index (χ3v) is 4.09. The summed E-state index contributed by atoms with van der Waals surface area (Å²) in [6.07, 6.45) is -0.813. The molecule has 2 aromatic carbocycles. The van der Waals surface area contributed by atoms with Crippen molar-refractivity contribution in [3.05, 3.63) is 59.1 Å². The van der Waals surface area contributed by atoms with Gasteiger partial charge in [-0.3, -0.25) is 9.59 Å². The van der Waals surface area contributed by atoms with Crippen LogP contribution >= 0.6 is 11.6 Å². The topological polar surface area (TPSA) is 89.0 Å². The lowest BCUT2D eigenvalue weighted by Gasteiger charge is -2.25. The molecule has 0 unspecified atom stereocenters. The fraction of sp³-hybridized carbons (Fsp3) is 0.211. The molecule has 0 fully saturated rings. The zero-order valence-corrected chi connectivity index (χ0v) is 15.3. The van der Waals surface area contributed by atoms with Crippen LogP contribution in [0.15, 0.2) is 53.6 Å². The summed E-state index contributed by atoms with van der Waals surface area (Å²) in [7, 11) is 0. The van der Waals surface area contributed by atoms with E-state index in [1.807, 2.05) is 6.07 Å². The zero-order chi connectivity index (χ0) is 19.2. The second-order valence-electron chi connectivity index (χ2n) is 5.82. The van der Waals surface area contributed by atoms with Gasteiger partial charge in [0.2, 0.25) is 6.10 Å². The molecular weight excluding hydrogens is 370 g/mol. The summed E-state index contributed by atoms with van der Waals surface area (Å²) in [5.41, 5.74) is 3.85. The van der Waals surface area contributed by atoms with Crippen LogP contribution in [0.25, 0.3) is 0 Å². The summed E-state index contributed by atoms with van der Waals surface area (Å²) in [4.78, 5) is 24.1. The first kappa shape index (κ1) is 18.7. The molecule has 7 nitrogen and oxygen atoms in total. The number of halogens is 1. The predicted octanol–water partition coefficient (Wildman–Crippen LogP) is 2.14. The van der Waals surface area contributed by atoms with Crippen LogP contribution in [-0.2, 0) is 9.59 Å². The average molecular weight is 388 g/mol.